The Hall–Kier alpha value is -9.42. The van der Waals surface area contributed by atoms with Gasteiger partial charge in [0.2, 0.25) is 35.3 Å². The molecule has 6 amide bonds. The summed E-state index contributed by atoms with van der Waals surface area (Å²) in [6.45, 7) is 0. The number of nitrogens with one attached hydrogen (secondary N) is 6. The molecule has 0 unspecified atom stereocenters. The zero-order valence-corrected chi connectivity index (χ0v) is 50.0. The van der Waals surface area contributed by atoms with E-state index < -0.39 is 133 Å². The van der Waals surface area contributed by atoms with Gasteiger partial charge in [-0.2, -0.15) is 0 Å². The summed E-state index contributed by atoms with van der Waals surface area (Å²) >= 11 is 38.1. The van der Waals surface area contributed by atoms with Crippen molar-refractivity contribution in [2.45, 2.75) is 49.1 Å². The van der Waals surface area contributed by atoms with Crippen molar-refractivity contribution in [3.05, 3.63) is 191 Å². The second kappa shape index (κ2) is 25.4. The number of aliphatic carboxylic acids is 1. The highest BCUT2D eigenvalue weighted by Gasteiger charge is 2.40. The number of nitrogens with zero attached hydrogens (tertiary/aromatic N) is 1. The third kappa shape index (κ3) is 12.8. The monoisotopic (exact) mass is 1330 g/mol. The van der Waals surface area contributed by atoms with Crippen LogP contribution in [0.1, 0.15) is 67.9 Å². The first kappa shape index (κ1) is 62.6. The Bertz CT molecular complexity index is 4210. The molecule has 4 heterocycles. The number of carboxylic acids is 1. The summed E-state index contributed by atoms with van der Waals surface area (Å²) in [6, 6.07) is 13.3. The number of carbonyl (C=O) groups is 8. The zero-order valence-electron chi connectivity index (χ0n) is 45.5. The first-order valence-corrected chi connectivity index (χ1v) is 28.7. The molecule has 3 aliphatic heterocycles. The van der Waals surface area contributed by atoms with Crippen LogP contribution >= 0.6 is 69.6 Å². The number of ether oxygens (including phenoxy) is 1. The molecular weight excluding hydrogens is 1280 g/mol. The highest BCUT2D eigenvalue weighted by atomic mass is 35.5. The molecule has 0 fully saturated rings. The van der Waals surface area contributed by atoms with Crippen LogP contribution in [0.2, 0.25) is 30.1 Å². The number of rotatable bonds is 9. The normalized spacial score (nSPS) is 18.2. The molecular formula is C61H45Cl6N7O15. The van der Waals surface area contributed by atoms with Crippen LogP contribution in [0.25, 0.3) is 22.0 Å². The van der Waals surface area contributed by atoms with Gasteiger partial charge in [-0.1, -0.05) is 112 Å². The van der Waals surface area contributed by atoms with Crippen molar-refractivity contribution in [3.63, 3.8) is 0 Å². The van der Waals surface area contributed by atoms with Gasteiger partial charge in [-0.3, -0.25) is 33.6 Å². The van der Waals surface area contributed by atoms with Gasteiger partial charge < -0.3 is 71.8 Å². The predicted molar refractivity (Wildman–Crippen MR) is 326 cm³/mol. The number of carbonyl (C=O) groups excluding carboxylic acids is 7. The first-order chi connectivity index (χ1) is 42.3. The number of amides is 6. The van der Waals surface area contributed by atoms with Crippen molar-refractivity contribution < 1.29 is 73.7 Å². The number of H-pyrrole nitrogens is 1. The summed E-state index contributed by atoms with van der Waals surface area (Å²) in [5.74, 6) is -12.8. The van der Waals surface area contributed by atoms with Gasteiger partial charge in [0.25, 0.3) is 5.91 Å². The number of carboxylic acid groups (broad SMARTS) is 1. The van der Waals surface area contributed by atoms with Crippen LogP contribution < -0.4 is 31.3 Å². The zero-order chi connectivity index (χ0) is 64.0. The van der Waals surface area contributed by atoms with Crippen molar-refractivity contribution >= 4 is 128 Å². The number of ketones is 1. The molecule has 0 radical (unpaired) electrons. The number of hydrogen-bond donors (Lipinski definition) is 12. The van der Waals surface area contributed by atoms with E-state index in [2.05, 4.69) is 31.6 Å². The number of phenols is 5. The summed E-state index contributed by atoms with van der Waals surface area (Å²) in [5, 5.41) is 75.1. The second-order valence-electron chi connectivity index (χ2n) is 20.6. The molecule has 89 heavy (non-hydrogen) atoms. The average Bonchev–Trinajstić information content (AvgIpc) is 1.86. The third-order valence-corrected chi connectivity index (χ3v) is 16.6. The van der Waals surface area contributed by atoms with Crippen LogP contribution in [0.4, 0.5) is 0 Å². The Labute approximate surface area is 532 Å². The molecule has 28 heteroatoms. The van der Waals surface area contributed by atoms with E-state index in [-0.39, 0.29) is 72.7 Å². The van der Waals surface area contributed by atoms with E-state index in [1.165, 1.54) is 73.9 Å². The van der Waals surface area contributed by atoms with Crippen molar-refractivity contribution in [1.82, 2.24) is 36.5 Å². The van der Waals surface area contributed by atoms with E-state index in [4.69, 9.17) is 74.3 Å². The number of fused-ring (bicyclic) bond motifs is 10. The molecule has 0 spiro atoms. The summed E-state index contributed by atoms with van der Waals surface area (Å²) in [4.78, 5) is 121. The van der Waals surface area contributed by atoms with Crippen LogP contribution in [0, 0.1) is 0 Å². The highest BCUT2D eigenvalue weighted by molar-refractivity contribution is 6.45. The number of aromatic amines is 1. The van der Waals surface area contributed by atoms with E-state index in [9.17, 15) is 49.8 Å². The molecule has 0 saturated heterocycles. The van der Waals surface area contributed by atoms with E-state index in [0.717, 1.165) is 41.3 Å². The number of likely N-dealkylation sites (N-methyl/N-ethyl adjacent to an activating group) is 1. The van der Waals surface area contributed by atoms with Crippen LogP contribution in [-0.4, -0.2) is 107 Å². The number of hydrogen-bond acceptors (Lipinski definition) is 14. The van der Waals surface area contributed by atoms with Crippen molar-refractivity contribution in [2.75, 3.05) is 7.05 Å². The van der Waals surface area contributed by atoms with Gasteiger partial charge in [-0.05, 0) is 106 Å². The molecule has 8 aromatic rings. The lowest BCUT2D eigenvalue weighted by molar-refractivity contribution is -0.145. The fraction of sp³-hybridized carbons (Fsp3) is 0.148. The maximum atomic E-state index is 15.8. The summed E-state index contributed by atoms with van der Waals surface area (Å²) in [6.07, 6.45) is 0.734. The van der Waals surface area contributed by atoms with Gasteiger partial charge in [0, 0.05) is 48.2 Å². The Morgan fingerprint density at radius 1 is 0.607 bits per heavy atom. The number of benzene rings is 7. The number of aromatic nitrogens is 1. The smallest absolute Gasteiger partial charge is 0.330 e. The average molecular weight is 1330 g/mol. The summed E-state index contributed by atoms with van der Waals surface area (Å²) in [5.41, 5.74) is 0.227. The number of Topliss-reactive ketones (excluding diaryl/α,β-unsaturated/α-hetero) is 1. The SMILES string of the molecule is CN1C(=O)[C@@H](c2cc(Cl)c(O)c(Cl)c2)NC(=O)[C@@H]2NC(=O)[C@H](c3cc(Cl)c(O)c(Cl)c3)NC(=O)[C@H](NC(=O)C(=O)c3cc(Cl)c(O)c(Cl)c3)Cc3c[nH]c4c(cccc34)-c3cc2cc(c3O)Oc2ccc(cc2)C[C@H]1C(=O)N[C@H](C(=O)O)c1ccc(O)cc1. The maximum absolute atomic E-state index is 15.8. The van der Waals surface area contributed by atoms with Crippen molar-refractivity contribution in [3.8, 4) is 51.4 Å². The molecule has 7 aromatic carbocycles. The maximum Gasteiger partial charge on any atom is 0.330 e. The van der Waals surface area contributed by atoms with Crippen LogP contribution in [-0.2, 0) is 46.4 Å². The molecule has 0 aliphatic carbocycles. The van der Waals surface area contributed by atoms with Crippen molar-refractivity contribution in [2.24, 2.45) is 0 Å². The van der Waals surface area contributed by atoms with Crippen LogP contribution in [0.5, 0.6) is 40.2 Å². The Morgan fingerprint density at radius 2 is 1.13 bits per heavy atom. The molecule has 9 bridgehead atoms. The van der Waals surface area contributed by atoms with Gasteiger partial charge >= 0.3 is 5.97 Å². The Kier molecular flexibility index (Phi) is 17.8. The van der Waals surface area contributed by atoms with Gasteiger partial charge in [0.05, 0.1) is 35.7 Å². The lowest BCUT2D eigenvalue weighted by Gasteiger charge is -2.33. The van der Waals surface area contributed by atoms with E-state index >= 15 is 19.2 Å². The van der Waals surface area contributed by atoms with Crippen LogP contribution in [0.15, 0.2) is 121 Å². The molecule has 0 saturated carbocycles. The number of halogens is 6. The van der Waals surface area contributed by atoms with E-state index in [0.29, 0.717) is 22.0 Å². The quantitative estimate of drug-likeness (QED) is 0.0473. The van der Waals surface area contributed by atoms with Gasteiger partial charge in [0.15, 0.2) is 34.8 Å². The lowest BCUT2D eigenvalue weighted by atomic mass is 9.94. The molecule has 456 valence electrons. The Morgan fingerprint density at radius 3 is 1.71 bits per heavy atom. The minimum atomic E-state index is -2.08. The summed E-state index contributed by atoms with van der Waals surface area (Å²) < 4.78 is 6.40. The largest absolute Gasteiger partial charge is 0.508 e. The third-order valence-electron chi connectivity index (χ3n) is 14.9. The van der Waals surface area contributed by atoms with Gasteiger partial charge in [-0.15, -0.1) is 0 Å². The predicted octanol–water partition coefficient (Wildman–Crippen LogP) is 9.20. The summed E-state index contributed by atoms with van der Waals surface area (Å²) in [7, 11) is 1.19. The molecule has 11 rings (SSSR count). The number of para-hydroxylation sites is 1. The fourth-order valence-electron chi connectivity index (χ4n) is 10.3. The molecule has 3 aliphatic rings. The Balaban J connectivity index is 1.16. The number of aromatic hydroxyl groups is 5. The molecule has 12 N–H and O–H groups in total. The standard InChI is InChI=1S/C61H45Cl6N7O15/c1-74-43(56(82)73-48(61(87)88)25-7-9-31(75)10-8-25)13-24-5-11-32(12-6-24)89-44-22-26-14-35(51(44)77)34-4-2-3-33-30(23-68-49(33)34)21-42(69-59(85)50(76)29-19-40(66)54(80)41(67)20-29)55(81)70-46(27-15-36(62)52(78)37(63)16-27)57(83)71-45(26)58(84)72-47(60(74)86)28-17-38(64)53(79)39(65)18-28/h2-12,14-20,22-23,42-43,45-48,68,75,77-80H,13,21H2,1H3,(H,69,85)(H,70,81)(H,71,83)(H,72,84)(H,73,82)(H,87,88)/t42-,43+,45-,46+,47-,48+/m1/s1. The van der Waals surface area contributed by atoms with Crippen molar-refractivity contribution in [1.29, 1.82) is 0 Å². The second-order valence-corrected chi connectivity index (χ2v) is 23.0. The molecule has 1 aromatic heterocycles. The van der Waals surface area contributed by atoms with E-state index in [1.54, 1.807) is 18.2 Å². The van der Waals surface area contributed by atoms with E-state index in [1.807, 2.05) is 0 Å². The molecule has 6 atom stereocenters. The minimum Gasteiger partial charge on any atom is -0.508 e. The topological polar surface area (TPSA) is 346 Å². The van der Waals surface area contributed by atoms with Gasteiger partial charge in [0.1, 0.15) is 41.7 Å². The fourth-order valence-corrected chi connectivity index (χ4v) is 11.7. The van der Waals surface area contributed by atoms with Crippen LogP contribution in [0.3, 0.4) is 0 Å². The highest BCUT2D eigenvalue weighted by Crippen LogP contribution is 2.46. The lowest BCUT2D eigenvalue weighted by Crippen LogP contribution is -2.54. The molecule has 22 nitrogen and oxygen atoms in total. The first-order valence-electron chi connectivity index (χ1n) is 26.4. The minimum absolute atomic E-state index is 0.0362. The van der Waals surface area contributed by atoms with Gasteiger partial charge in [-0.25, -0.2) is 4.79 Å². The number of phenolic OH excluding ortho intramolecular Hbond substituents is 5.